The average molecular weight is 244 g/mol. The molecular weight excluding hydrogens is 220 g/mol. The molecule has 1 saturated heterocycles. The van der Waals surface area contributed by atoms with E-state index in [-0.39, 0.29) is 17.9 Å². The second-order valence-corrected chi connectivity index (χ2v) is 4.54. The van der Waals surface area contributed by atoms with Gasteiger partial charge in [0.15, 0.2) is 0 Å². The van der Waals surface area contributed by atoms with Crippen LogP contribution >= 0.6 is 0 Å². The molecule has 0 spiro atoms. The average Bonchev–Trinajstić information content (AvgIpc) is 2.58. The zero-order chi connectivity index (χ0) is 12.7. The van der Waals surface area contributed by atoms with Crippen molar-refractivity contribution in [3.05, 3.63) is 0 Å². The first-order chi connectivity index (χ1) is 8.20. The minimum Gasteiger partial charge on any atom is -0.468 e. The summed E-state index contributed by atoms with van der Waals surface area (Å²) in [5, 5.41) is 3.33. The summed E-state index contributed by atoms with van der Waals surface area (Å²) in [6, 6.07) is -0.195. The van der Waals surface area contributed by atoms with Crippen molar-refractivity contribution < 1.29 is 14.3 Å². The smallest absolute Gasteiger partial charge is 0.323 e. The first-order valence-corrected chi connectivity index (χ1v) is 6.22. The predicted molar refractivity (Wildman–Crippen MR) is 65.9 cm³/mol. The van der Waals surface area contributed by atoms with Crippen molar-refractivity contribution in [2.75, 3.05) is 47.0 Å². The Kier molecular flexibility index (Phi) is 6.47. The molecule has 0 aliphatic carbocycles. The molecule has 5 nitrogen and oxygen atoms in total. The van der Waals surface area contributed by atoms with Crippen LogP contribution in [0.1, 0.15) is 13.3 Å². The largest absolute Gasteiger partial charge is 0.468 e. The summed E-state index contributed by atoms with van der Waals surface area (Å²) in [6.07, 6.45) is 1.06. The van der Waals surface area contributed by atoms with Crippen LogP contribution in [0.25, 0.3) is 0 Å². The molecule has 1 fully saturated rings. The SMILES string of the molecule is COCC(C)C(C(=O)OC)N1CCCNCC1. The first-order valence-electron chi connectivity index (χ1n) is 6.22. The van der Waals surface area contributed by atoms with Crippen LogP contribution < -0.4 is 5.32 Å². The summed E-state index contributed by atoms with van der Waals surface area (Å²) >= 11 is 0. The third-order valence-electron chi connectivity index (χ3n) is 3.18. The van der Waals surface area contributed by atoms with Gasteiger partial charge in [0.05, 0.1) is 13.7 Å². The van der Waals surface area contributed by atoms with Gasteiger partial charge in [0.25, 0.3) is 0 Å². The molecular formula is C12H24N2O3. The molecule has 0 aromatic heterocycles. The van der Waals surface area contributed by atoms with Crippen LogP contribution in [0.5, 0.6) is 0 Å². The Labute approximate surface area is 103 Å². The first kappa shape index (κ1) is 14.4. The number of methoxy groups -OCH3 is 2. The summed E-state index contributed by atoms with van der Waals surface area (Å²) in [4.78, 5) is 14.1. The standard InChI is InChI=1S/C12H24N2O3/c1-10(9-16-2)11(12(15)17-3)14-7-4-5-13-6-8-14/h10-11,13H,4-9H2,1-3H3. The van der Waals surface area contributed by atoms with Crippen molar-refractivity contribution in [2.45, 2.75) is 19.4 Å². The van der Waals surface area contributed by atoms with Gasteiger partial charge < -0.3 is 14.8 Å². The zero-order valence-electron chi connectivity index (χ0n) is 11.1. The lowest BCUT2D eigenvalue weighted by atomic mass is 10.0. The number of esters is 1. The van der Waals surface area contributed by atoms with E-state index in [0.29, 0.717) is 6.61 Å². The minimum absolute atomic E-state index is 0.144. The van der Waals surface area contributed by atoms with E-state index in [9.17, 15) is 4.79 Å². The lowest BCUT2D eigenvalue weighted by molar-refractivity contribution is -0.149. The Hall–Kier alpha value is -0.650. The van der Waals surface area contributed by atoms with Crippen LogP contribution in [0.4, 0.5) is 0 Å². The van der Waals surface area contributed by atoms with Crippen molar-refractivity contribution >= 4 is 5.97 Å². The summed E-state index contributed by atoms with van der Waals surface area (Å²) < 4.78 is 10.1. The number of carbonyl (C=O) groups excluding carboxylic acids is 1. The molecule has 0 aromatic rings. The van der Waals surface area contributed by atoms with Crippen LogP contribution in [0.3, 0.4) is 0 Å². The van der Waals surface area contributed by atoms with Gasteiger partial charge in [-0.2, -0.15) is 0 Å². The summed E-state index contributed by atoms with van der Waals surface area (Å²) in [6.45, 7) is 6.36. The quantitative estimate of drug-likeness (QED) is 0.695. The third-order valence-corrected chi connectivity index (χ3v) is 3.18. The maximum absolute atomic E-state index is 11.9. The van der Waals surface area contributed by atoms with Crippen molar-refractivity contribution in [2.24, 2.45) is 5.92 Å². The molecule has 2 atom stereocenters. The number of rotatable bonds is 5. The van der Waals surface area contributed by atoms with Gasteiger partial charge in [0.2, 0.25) is 0 Å². The highest BCUT2D eigenvalue weighted by Gasteiger charge is 2.32. The third kappa shape index (κ3) is 4.26. The maximum Gasteiger partial charge on any atom is 0.323 e. The molecule has 1 heterocycles. The molecule has 0 amide bonds. The van der Waals surface area contributed by atoms with E-state index in [0.717, 1.165) is 32.6 Å². The van der Waals surface area contributed by atoms with Gasteiger partial charge in [-0.1, -0.05) is 6.92 Å². The molecule has 1 aliphatic heterocycles. The van der Waals surface area contributed by atoms with Crippen molar-refractivity contribution in [1.29, 1.82) is 0 Å². The number of hydrogen-bond acceptors (Lipinski definition) is 5. The van der Waals surface area contributed by atoms with Crippen LogP contribution in [0.15, 0.2) is 0 Å². The number of carbonyl (C=O) groups is 1. The van der Waals surface area contributed by atoms with Crippen molar-refractivity contribution in [1.82, 2.24) is 10.2 Å². The number of nitrogens with one attached hydrogen (secondary N) is 1. The highest BCUT2D eigenvalue weighted by atomic mass is 16.5. The fourth-order valence-corrected chi connectivity index (χ4v) is 2.36. The Morgan fingerprint density at radius 3 is 2.76 bits per heavy atom. The van der Waals surface area contributed by atoms with E-state index in [1.54, 1.807) is 7.11 Å². The van der Waals surface area contributed by atoms with E-state index in [1.165, 1.54) is 7.11 Å². The molecule has 5 heteroatoms. The van der Waals surface area contributed by atoms with Crippen molar-refractivity contribution in [3.63, 3.8) is 0 Å². The number of hydrogen-bond donors (Lipinski definition) is 1. The summed E-state index contributed by atoms with van der Waals surface area (Å²) in [7, 11) is 3.11. The van der Waals surface area contributed by atoms with Gasteiger partial charge in [0, 0.05) is 32.7 Å². The van der Waals surface area contributed by atoms with E-state index in [2.05, 4.69) is 10.2 Å². The molecule has 1 aliphatic rings. The van der Waals surface area contributed by atoms with Gasteiger partial charge in [-0.25, -0.2) is 0 Å². The van der Waals surface area contributed by atoms with E-state index >= 15 is 0 Å². The summed E-state index contributed by atoms with van der Waals surface area (Å²) in [5.41, 5.74) is 0. The number of ether oxygens (including phenoxy) is 2. The Bertz CT molecular complexity index is 228. The Morgan fingerprint density at radius 1 is 1.35 bits per heavy atom. The summed E-state index contributed by atoms with van der Waals surface area (Å²) in [5.74, 6) is -0.0120. The van der Waals surface area contributed by atoms with Crippen LogP contribution in [0.2, 0.25) is 0 Å². The van der Waals surface area contributed by atoms with Crippen LogP contribution in [0, 0.1) is 5.92 Å². The minimum atomic E-state index is -0.195. The van der Waals surface area contributed by atoms with E-state index in [1.807, 2.05) is 6.92 Å². The molecule has 2 unspecified atom stereocenters. The second-order valence-electron chi connectivity index (χ2n) is 4.54. The highest BCUT2D eigenvalue weighted by Crippen LogP contribution is 2.15. The molecule has 100 valence electrons. The highest BCUT2D eigenvalue weighted by molar-refractivity contribution is 5.76. The van der Waals surface area contributed by atoms with E-state index < -0.39 is 0 Å². The molecule has 1 N–H and O–H groups in total. The Morgan fingerprint density at radius 2 is 2.12 bits per heavy atom. The molecule has 0 saturated carbocycles. The monoisotopic (exact) mass is 244 g/mol. The normalized spacial score (nSPS) is 21.6. The van der Waals surface area contributed by atoms with Crippen LogP contribution in [-0.4, -0.2) is 63.9 Å². The molecule has 0 radical (unpaired) electrons. The fourth-order valence-electron chi connectivity index (χ4n) is 2.36. The van der Waals surface area contributed by atoms with Gasteiger partial charge in [-0.3, -0.25) is 9.69 Å². The topological polar surface area (TPSA) is 50.8 Å². The van der Waals surface area contributed by atoms with Gasteiger partial charge >= 0.3 is 5.97 Å². The lowest BCUT2D eigenvalue weighted by Gasteiger charge is -2.32. The fraction of sp³-hybridized carbons (Fsp3) is 0.917. The molecule has 1 rings (SSSR count). The van der Waals surface area contributed by atoms with Gasteiger partial charge in [-0.05, 0) is 13.0 Å². The molecule has 17 heavy (non-hydrogen) atoms. The second kappa shape index (κ2) is 7.63. The zero-order valence-corrected chi connectivity index (χ0v) is 11.1. The maximum atomic E-state index is 11.9. The molecule has 0 bridgehead atoms. The van der Waals surface area contributed by atoms with Gasteiger partial charge in [-0.15, -0.1) is 0 Å². The van der Waals surface area contributed by atoms with Crippen molar-refractivity contribution in [3.8, 4) is 0 Å². The lowest BCUT2D eigenvalue weighted by Crippen LogP contribution is -2.48. The molecule has 0 aromatic carbocycles. The number of nitrogens with zero attached hydrogens (tertiary/aromatic N) is 1. The Balaban J connectivity index is 2.69. The van der Waals surface area contributed by atoms with Crippen LogP contribution in [-0.2, 0) is 14.3 Å². The van der Waals surface area contributed by atoms with E-state index in [4.69, 9.17) is 9.47 Å². The predicted octanol–water partition coefficient (Wildman–Crippen LogP) is 0.106. The van der Waals surface area contributed by atoms with Gasteiger partial charge in [0.1, 0.15) is 6.04 Å².